The topological polar surface area (TPSA) is 53.3 Å². The van der Waals surface area contributed by atoms with Crippen molar-refractivity contribution < 1.29 is 9.53 Å². The van der Waals surface area contributed by atoms with Gasteiger partial charge < -0.3 is 9.64 Å². The lowest BCUT2D eigenvalue weighted by Crippen LogP contribution is -2.38. The lowest BCUT2D eigenvalue weighted by Gasteiger charge is -2.25. The van der Waals surface area contributed by atoms with Crippen molar-refractivity contribution >= 4 is 5.91 Å². The Morgan fingerprint density at radius 2 is 1.97 bits per heavy atom. The molecule has 4 heteroatoms. The third kappa shape index (κ3) is 4.99. The summed E-state index contributed by atoms with van der Waals surface area (Å²) < 4.78 is 6.15. The van der Waals surface area contributed by atoms with Gasteiger partial charge in [-0.2, -0.15) is 5.26 Å². The van der Waals surface area contributed by atoms with Crippen molar-refractivity contribution in [2.24, 2.45) is 11.8 Å². The molecule has 4 nitrogen and oxygen atoms in total. The van der Waals surface area contributed by atoms with Crippen LogP contribution in [0.5, 0.6) is 5.75 Å². The van der Waals surface area contributed by atoms with Crippen LogP contribution in [0.4, 0.5) is 0 Å². The van der Waals surface area contributed by atoms with E-state index in [-0.39, 0.29) is 23.8 Å². The number of carbonyl (C=O) groups excluding carboxylic acids is 1. The average Bonchev–Trinajstić information content (AvgIpc) is 3.34. The molecule has 0 N–H and O–H groups in total. The maximum atomic E-state index is 13.0. The van der Waals surface area contributed by atoms with E-state index in [1.807, 2.05) is 23.1 Å². The summed E-state index contributed by atoms with van der Waals surface area (Å²) in [6, 6.07) is 19.0. The molecule has 0 aromatic heterocycles. The zero-order valence-electron chi connectivity index (χ0n) is 18.0. The van der Waals surface area contributed by atoms with E-state index in [2.05, 4.69) is 49.0 Å². The van der Waals surface area contributed by atoms with Crippen LogP contribution in [0, 0.1) is 23.2 Å². The number of benzene rings is 2. The van der Waals surface area contributed by atoms with Crippen molar-refractivity contribution in [1.82, 2.24) is 4.90 Å². The van der Waals surface area contributed by atoms with Crippen LogP contribution in [0.3, 0.4) is 0 Å². The number of allylic oxidation sites excluding steroid dienone is 1. The fourth-order valence-corrected chi connectivity index (χ4v) is 4.89. The van der Waals surface area contributed by atoms with Gasteiger partial charge in [0.2, 0.25) is 5.91 Å². The molecule has 2 aromatic rings. The van der Waals surface area contributed by atoms with E-state index < -0.39 is 0 Å². The molecule has 1 heterocycles. The normalized spacial score (nSPS) is 22.2. The number of aryl methyl sites for hydroxylation is 1. The Hall–Kier alpha value is -3.06. The van der Waals surface area contributed by atoms with E-state index in [0.29, 0.717) is 6.61 Å². The summed E-state index contributed by atoms with van der Waals surface area (Å²) in [5.41, 5.74) is 3.78. The molecule has 4 rings (SSSR count). The molecule has 1 saturated heterocycles. The SMILES string of the molecule is C=CC[C@@H]1C[C@@H](COc2ccc3c(c2)CC(C#N)C3)N(CCCc2ccccc2)C1=O. The molecule has 1 aliphatic carbocycles. The highest BCUT2D eigenvalue weighted by Gasteiger charge is 2.38. The first-order valence-corrected chi connectivity index (χ1v) is 11.3. The van der Waals surface area contributed by atoms with Gasteiger partial charge in [0.15, 0.2) is 0 Å². The molecule has 2 aromatic carbocycles. The van der Waals surface area contributed by atoms with Gasteiger partial charge in [0, 0.05) is 12.5 Å². The average molecular weight is 415 g/mol. The summed E-state index contributed by atoms with van der Waals surface area (Å²) in [5.74, 6) is 1.16. The number of nitriles is 1. The van der Waals surface area contributed by atoms with Crippen LogP contribution in [0.2, 0.25) is 0 Å². The van der Waals surface area contributed by atoms with E-state index in [4.69, 9.17) is 4.74 Å². The van der Waals surface area contributed by atoms with Gasteiger partial charge in [-0.15, -0.1) is 6.58 Å². The smallest absolute Gasteiger partial charge is 0.226 e. The second kappa shape index (κ2) is 9.83. The molecule has 160 valence electrons. The van der Waals surface area contributed by atoms with Gasteiger partial charge in [0.05, 0.1) is 18.0 Å². The van der Waals surface area contributed by atoms with E-state index in [9.17, 15) is 10.1 Å². The molecule has 0 saturated carbocycles. The van der Waals surface area contributed by atoms with Crippen LogP contribution in [0.25, 0.3) is 0 Å². The summed E-state index contributed by atoms with van der Waals surface area (Å²) in [7, 11) is 0. The van der Waals surface area contributed by atoms with E-state index in [1.165, 1.54) is 16.7 Å². The van der Waals surface area contributed by atoms with Crippen molar-refractivity contribution in [1.29, 1.82) is 5.26 Å². The maximum absolute atomic E-state index is 13.0. The van der Waals surface area contributed by atoms with Crippen molar-refractivity contribution in [2.45, 2.75) is 44.6 Å². The molecule has 1 fully saturated rings. The van der Waals surface area contributed by atoms with E-state index in [1.54, 1.807) is 0 Å². The summed E-state index contributed by atoms with van der Waals surface area (Å²) in [6.45, 7) is 5.08. The number of fused-ring (bicyclic) bond motifs is 1. The predicted octanol–water partition coefficient (Wildman–Crippen LogP) is 4.73. The maximum Gasteiger partial charge on any atom is 0.226 e. The minimum Gasteiger partial charge on any atom is -0.491 e. The number of hydrogen-bond donors (Lipinski definition) is 0. The third-order valence-electron chi connectivity index (χ3n) is 6.52. The molecule has 0 radical (unpaired) electrons. The molecular weight excluding hydrogens is 384 g/mol. The number of hydrogen-bond acceptors (Lipinski definition) is 3. The molecule has 0 spiro atoms. The van der Waals surface area contributed by atoms with Crippen molar-refractivity contribution in [2.75, 3.05) is 13.2 Å². The summed E-state index contributed by atoms with van der Waals surface area (Å²) in [4.78, 5) is 15.0. The summed E-state index contributed by atoms with van der Waals surface area (Å²) in [6.07, 6.45) is 6.94. The van der Waals surface area contributed by atoms with Gasteiger partial charge in [-0.25, -0.2) is 0 Å². The summed E-state index contributed by atoms with van der Waals surface area (Å²) >= 11 is 0. The number of nitrogens with zero attached hydrogens (tertiary/aromatic N) is 2. The predicted molar refractivity (Wildman–Crippen MR) is 122 cm³/mol. The lowest BCUT2D eigenvalue weighted by atomic mass is 10.0. The van der Waals surface area contributed by atoms with Crippen molar-refractivity contribution in [3.63, 3.8) is 0 Å². The number of ether oxygens (including phenoxy) is 1. The zero-order chi connectivity index (χ0) is 21.6. The van der Waals surface area contributed by atoms with Crippen LogP contribution in [-0.4, -0.2) is 30.0 Å². The number of rotatable bonds is 9. The van der Waals surface area contributed by atoms with E-state index >= 15 is 0 Å². The highest BCUT2D eigenvalue weighted by atomic mass is 16.5. The van der Waals surface area contributed by atoms with Crippen LogP contribution in [0.1, 0.15) is 36.0 Å². The number of amides is 1. The Morgan fingerprint density at radius 3 is 2.74 bits per heavy atom. The molecular formula is C27H30N2O2. The molecule has 3 atom stereocenters. The van der Waals surface area contributed by atoms with Gasteiger partial charge in [-0.3, -0.25) is 4.79 Å². The lowest BCUT2D eigenvalue weighted by molar-refractivity contribution is -0.132. The van der Waals surface area contributed by atoms with Crippen molar-refractivity contribution in [3.8, 4) is 11.8 Å². The van der Waals surface area contributed by atoms with Gasteiger partial charge in [0.25, 0.3) is 0 Å². The Morgan fingerprint density at radius 1 is 1.16 bits per heavy atom. The Labute approximate surface area is 185 Å². The molecule has 1 amide bonds. The Kier molecular flexibility index (Phi) is 6.72. The minimum absolute atomic E-state index is 0.0132. The van der Waals surface area contributed by atoms with E-state index in [0.717, 1.165) is 50.8 Å². The van der Waals surface area contributed by atoms with Crippen LogP contribution >= 0.6 is 0 Å². The monoisotopic (exact) mass is 414 g/mol. The molecule has 0 bridgehead atoms. The molecule has 2 aliphatic rings. The van der Waals surface area contributed by atoms with Crippen LogP contribution in [-0.2, 0) is 24.1 Å². The second-order valence-electron chi connectivity index (χ2n) is 8.71. The Bertz CT molecular complexity index is 963. The third-order valence-corrected chi connectivity index (χ3v) is 6.52. The fourth-order valence-electron chi connectivity index (χ4n) is 4.89. The number of carbonyl (C=O) groups is 1. The first kappa shape index (κ1) is 21.2. The van der Waals surface area contributed by atoms with Gasteiger partial charge >= 0.3 is 0 Å². The Balaban J connectivity index is 1.37. The second-order valence-corrected chi connectivity index (χ2v) is 8.71. The summed E-state index contributed by atoms with van der Waals surface area (Å²) in [5, 5.41) is 9.19. The van der Waals surface area contributed by atoms with Gasteiger partial charge in [-0.1, -0.05) is 42.5 Å². The van der Waals surface area contributed by atoms with Crippen molar-refractivity contribution in [3.05, 3.63) is 77.9 Å². The first-order valence-electron chi connectivity index (χ1n) is 11.3. The van der Waals surface area contributed by atoms with Gasteiger partial charge in [0.1, 0.15) is 12.4 Å². The minimum atomic E-state index is 0.0132. The van der Waals surface area contributed by atoms with Crippen LogP contribution in [0.15, 0.2) is 61.2 Å². The van der Waals surface area contributed by atoms with Crippen LogP contribution < -0.4 is 4.74 Å². The molecule has 1 unspecified atom stereocenters. The largest absolute Gasteiger partial charge is 0.491 e. The van der Waals surface area contributed by atoms with Gasteiger partial charge in [-0.05, 0) is 67.3 Å². The fraction of sp³-hybridized carbons (Fsp3) is 0.407. The molecule has 31 heavy (non-hydrogen) atoms. The zero-order valence-corrected chi connectivity index (χ0v) is 18.0. The quantitative estimate of drug-likeness (QED) is 0.558. The highest BCUT2D eigenvalue weighted by Crippen LogP contribution is 2.31. The number of likely N-dealkylation sites (tertiary alicyclic amines) is 1. The standard InChI is InChI=1S/C27H30N2O2/c1-2-7-23-16-25(29(27(23)30)13-6-10-20-8-4-3-5-9-20)19-31-26-12-11-22-14-21(18-28)15-24(22)17-26/h2-5,8-9,11-12,17,21,23,25H,1,6-7,10,13-16,19H2/t21?,23-,25+/m1/s1. The molecule has 1 aliphatic heterocycles. The highest BCUT2D eigenvalue weighted by molar-refractivity contribution is 5.81. The first-order chi connectivity index (χ1) is 15.2.